The molecule has 0 N–H and O–H groups in total. The normalized spacial score (nSPS) is 17.8. The van der Waals surface area contributed by atoms with Crippen molar-refractivity contribution in [1.29, 1.82) is 0 Å². The summed E-state index contributed by atoms with van der Waals surface area (Å²) in [6.07, 6.45) is 6.72. The van der Waals surface area contributed by atoms with E-state index in [1.165, 1.54) is 12.0 Å². The number of methoxy groups -OCH3 is 1. The first kappa shape index (κ1) is 17.6. The minimum atomic E-state index is 0.125. The summed E-state index contributed by atoms with van der Waals surface area (Å²) in [4.78, 5) is 11.0. The van der Waals surface area contributed by atoms with E-state index in [1.54, 1.807) is 19.5 Å². The van der Waals surface area contributed by atoms with Crippen LogP contribution in [0, 0.1) is 6.92 Å². The number of benzene rings is 1. The van der Waals surface area contributed by atoms with E-state index in [0.717, 1.165) is 37.4 Å². The highest BCUT2D eigenvalue weighted by Crippen LogP contribution is 2.32. The second kappa shape index (κ2) is 7.84. The average Bonchev–Trinajstić information content (AvgIpc) is 3.19. The van der Waals surface area contributed by atoms with Crippen LogP contribution in [-0.4, -0.2) is 38.7 Å². The predicted octanol–water partition coefficient (Wildman–Crippen LogP) is 3.57. The molecule has 1 aliphatic rings. The van der Waals surface area contributed by atoms with Gasteiger partial charge in [-0.15, -0.1) is 10.2 Å². The lowest BCUT2D eigenvalue weighted by Gasteiger charge is -2.33. The van der Waals surface area contributed by atoms with Crippen LogP contribution < -0.4 is 4.74 Å². The second-order valence-electron chi connectivity index (χ2n) is 6.82. The number of hydrogen-bond donors (Lipinski definition) is 0. The van der Waals surface area contributed by atoms with Crippen molar-refractivity contribution in [2.75, 3.05) is 13.7 Å². The summed E-state index contributed by atoms with van der Waals surface area (Å²) in [6.45, 7) is 3.75. The zero-order valence-electron chi connectivity index (χ0n) is 15.6. The SMILES string of the molecule is COc1ccc(CN2CCCC[C@H]2c2nnc(-c3cnc(C)cn3)o2)cc1. The summed E-state index contributed by atoms with van der Waals surface area (Å²) in [7, 11) is 1.68. The summed E-state index contributed by atoms with van der Waals surface area (Å²) in [5.74, 6) is 1.95. The average molecular weight is 365 g/mol. The van der Waals surface area contributed by atoms with E-state index >= 15 is 0 Å². The molecule has 0 radical (unpaired) electrons. The molecular weight excluding hydrogens is 342 g/mol. The van der Waals surface area contributed by atoms with E-state index in [2.05, 4.69) is 37.2 Å². The number of aryl methyl sites for hydroxylation is 1. The maximum absolute atomic E-state index is 5.97. The molecule has 0 saturated carbocycles. The number of piperidine rings is 1. The molecule has 0 aliphatic carbocycles. The zero-order chi connectivity index (χ0) is 18.6. The number of ether oxygens (including phenoxy) is 1. The highest BCUT2D eigenvalue weighted by molar-refractivity contribution is 5.43. The van der Waals surface area contributed by atoms with Gasteiger partial charge in [0.05, 0.1) is 25.0 Å². The highest BCUT2D eigenvalue weighted by atomic mass is 16.5. The molecule has 140 valence electrons. The maximum atomic E-state index is 5.97. The number of nitrogens with zero attached hydrogens (tertiary/aromatic N) is 5. The Morgan fingerprint density at radius 3 is 2.70 bits per heavy atom. The van der Waals surface area contributed by atoms with Crippen LogP contribution in [0.5, 0.6) is 5.75 Å². The van der Waals surface area contributed by atoms with E-state index in [-0.39, 0.29) is 6.04 Å². The summed E-state index contributed by atoms with van der Waals surface area (Å²) in [5.41, 5.74) is 2.71. The molecule has 0 amide bonds. The first-order valence-corrected chi connectivity index (χ1v) is 9.22. The van der Waals surface area contributed by atoms with Gasteiger partial charge >= 0.3 is 0 Å². The lowest BCUT2D eigenvalue weighted by molar-refractivity contribution is 0.118. The van der Waals surface area contributed by atoms with E-state index in [0.29, 0.717) is 17.5 Å². The Morgan fingerprint density at radius 1 is 1.11 bits per heavy atom. The van der Waals surface area contributed by atoms with Crippen LogP contribution >= 0.6 is 0 Å². The van der Waals surface area contributed by atoms with E-state index in [9.17, 15) is 0 Å². The van der Waals surface area contributed by atoms with Gasteiger partial charge in [-0.1, -0.05) is 18.6 Å². The summed E-state index contributed by atoms with van der Waals surface area (Å²) >= 11 is 0. The van der Waals surface area contributed by atoms with Gasteiger partial charge in [-0.05, 0) is 44.0 Å². The topological polar surface area (TPSA) is 77.2 Å². The van der Waals surface area contributed by atoms with Gasteiger partial charge in [-0.25, -0.2) is 4.98 Å². The number of likely N-dealkylation sites (tertiary alicyclic amines) is 1. The molecule has 1 saturated heterocycles. The molecule has 0 spiro atoms. The zero-order valence-corrected chi connectivity index (χ0v) is 15.6. The van der Waals surface area contributed by atoms with Crippen LogP contribution in [0.4, 0.5) is 0 Å². The Morgan fingerprint density at radius 2 is 1.96 bits per heavy atom. The molecule has 4 rings (SSSR count). The van der Waals surface area contributed by atoms with Crippen molar-refractivity contribution in [2.24, 2.45) is 0 Å². The second-order valence-corrected chi connectivity index (χ2v) is 6.82. The first-order valence-electron chi connectivity index (χ1n) is 9.22. The lowest BCUT2D eigenvalue weighted by atomic mass is 10.0. The fourth-order valence-electron chi connectivity index (χ4n) is 3.40. The molecule has 3 aromatic rings. The van der Waals surface area contributed by atoms with Crippen molar-refractivity contribution in [3.63, 3.8) is 0 Å². The van der Waals surface area contributed by atoms with Gasteiger partial charge < -0.3 is 9.15 Å². The summed E-state index contributed by atoms with van der Waals surface area (Å²) < 4.78 is 11.2. The van der Waals surface area contributed by atoms with Crippen molar-refractivity contribution in [3.8, 4) is 17.3 Å². The molecule has 1 aliphatic heterocycles. The van der Waals surface area contributed by atoms with E-state index in [1.807, 2.05) is 19.1 Å². The Kier molecular flexibility index (Phi) is 5.11. The van der Waals surface area contributed by atoms with Gasteiger partial charge in [0, 0.05) is 12.7 Å². The molecule has 1 atom stereocenters. The molecule has 3 heterocycles. The van der Waals surface area contributed by atoms with Gasteiger partial charge in [-0.3, -0.25) is 9.88 Å². The third kappa shape index (κ3) is 3.98. The van der Waals surface area contributed by atoms with Crippen LogP contribution in [0.2, 0.25) is 0 Å². The molecule has 0 bridgehead atoms. The van der Waals surface area contributed by atoms with Crippen LogP contribution in [0.1, 0.15) is 42.5 Å². The molecule has 7 heteroatoms. The third-order valence-electron chi connectivity index (χ3n) is 4.88. The fourth-order valence-corrected chi connectivity index (χ4v) is 3.40. The molecule has 0 unspecified atom stereocenters. The van der Waals surface area contributed by atoms with Gasteiger partial charge in [0.2, 0.25) is 5.89 Å². The van der Waals surface area contributed by atoms with Gasteiger partial charge in [0.1, 0.15) is 11.4 Å². The number of hydrogen-bond acceptors (Lipinski definition) is 7. The highest BCUT2D eigenvalue weighted by Gasteiger charge is 2.29. The van der Waals surface area contributed by atoms with Crippen molar-refractivity contribution in [1.82, 2.24) is 25.1 Å². The Labute approximate surface area is 158 Å². The van der Waals surface area contributed by atoms with Gasteiger partial charge in [0.15, 0.2) is 0 Å². The minimum Gasteiger partial charge on any atom is -0.497 e. The maximum Gasteiger partial charge on any atom is 0.267 e. The summed E-state index contributed by atoms with van der Waals surface area (Å²) in [6, 6.07) is 8.32. The molecule has 1 aromatic carbocycles. The van der Waals surface area contributed by atoms with Crippen molar-refractivity contribution in [3.05, 3.63) is 53.8 Å². The Hall–Kier alpha value is -2.80. The Balaban J connectivity index is 1.52. The van der Waals surface area contributed by atoms with Gasteiger partial charge in [-0.2, -0.15) is 0 Å². The van der Waals surface area contributed by atoms with Crippen molar-refractivity contribution < 1.29 is 9.15 Å². The van der Waals surface area contributed by atoms with Crippen molar-refractivity contribution in [2.45, 2.75) is 38.8 Å². The van der Waals surface area contributed by atoms with Crippen LogP contribution in [-0.2, 0) is 6.54 Å². The van der Waals surface area contributed by atoms with Crippen molar-refractivity contribution >= 4 is 0 Å². The van der Waals surface area contributed by atoms with Gasteiger partial charge in [0.25, 0.3) is 5.89 Å². The quantitative estimate of drug-likeness (QED) is 0.684. The van der Waals surface area contributed by atoms with Crippen LogP contribution in [0.15, 0.2) is 41.1 Å². The van der Waals surface area contributed by atoms with E-state index < -0.39 is 0 Å². The number of rotatable bonds is 5. The Bertz CT molecular complexity index is 876. The first-order chi connectivity index (χ1) is 13.2. The molecule has 27 heavy (non-hydrogen) atoms. The van der Waals surface area contributed by atoms with Crippen LogP contribution in [0.25, 0.3) is 11.6 Å². The van der Waals surface area contributed by atoms with Crippen LogP contribution in [0.3, 0.4) is 0 Å². The lowest BCUT2D eigenvalue weighted by Crippen LogP contribution is -2.33. The number of aromatic nitrogens is 4. The third-order valence-corrected chi connectivity index (χ3v) is 4.88. The van der Waals surface area contributed by atoms with E-state index in [4.69, 9.17) is 9.15 Å². The molecule has 2 aromatic heterocycles. The smallest absolute Gasteiger partial charge is 0.267 e. The summed E-state index contributed by atoms with van der Waals surface area (Å²) in [5, 5.41) is 8.50. The monoisotopic (exact) mass is 365 g/mol. The minimum absolute atomic E-state index is 0.125. The molecular formula is C20H23N5O2. The standard InChI is InChI=1S/C20H23N5O2/c1-14-11-22-17(12-21-14)19-23-24-20(27-19)18-5-3-4-10-25(18)13-15-6-8-16(26-2)9-7-15/h6-9,11-12,18H,3-5,10,13H2,1-2H3/t18-/m0/s1. The predicted molar refractivity (Wildman–Crippen MR) is 100 cm³/mol. The molecule has 7 nitrogen and oxygen atoms in total. The largest absolute Gasteiger partial charge is 0.497 e. The fraction of sp³-hybridized carbons (Fsp3) is 0.400. The molecule has 1 fully saturated rings.